The van der Waals surface area contributed by atoms with E-state index in [0.717, 1.165) is 19.6 Å². The summed E-state index contributed by atoms with van der Waals surface area (Å²) in [5, 5.41) is 3.27. The molecule has 0 radical (unpaired) electrons. The number of ether oxygens (including phenoxy) is 1. The van der Waals surface area contributed by atoms with E-state index in [2.05, 4.69) is 36.5 Å². The number of hydrogen-bond acceptors (Lipinski definition) is 2. The Morgan fingerprint density at radius 3 is 2.33 bits per heavy atom. The van der Waals surface area contributed by atoms with Crippen LogP contribution in [-0.2, 0) is 11.2 Å². The van der Waals surface area contributed by atoms with Crippen LogP contribution in [0.3, 0.4) is 0 Å². The van der Waals surface area contributed by atoms with Crippen LogP contribution in [0.15, 0.2) is 24.3 Å². The summed E-state index contributed by atoms with van der Waals surface area (Å²) in [4.78, 5) is 0. The lowest BCUT2D eigenvalue weighted by molar-refractivity contribution is 0.125. The fourth-order valence-corrected chi connectivity index (χ4v) is 1.57. The topological polar surface area (TPSA) is 21.3 Å². The Labute approximate surface area is 92.6 Å². The van der Waals surface area contributed by atoms with Gasteiger partial charge in [-0.3, -0.25) is 0 Å². The molecule has 1 aromatic carbocycles. The summed E-state index contributed by atoms with van der Waals surface area (Å²) in [5.41, 5.74) is 2.67. The molecule has 2 heteroatoms. The number of benzene rings is 1. The molecule has 1 atom stereocenters. The van der Waals surface area contributed by atoms with Crippen molar-refractivity contribution in [2.45, 2.75) is 26.3 Å². The second-order valence-electron chi connectivity index (χ2n) is 3.60. The molecular formula is C13H21NO. The normalized spacial score (nSPS) is 12.7. The first-order valence-electron chi connectivity index (χ1n) is 5.65. The van der Waals surface area contributed by atoms with Gasteiger partial charge in [-0.05, 0) is 31.5 Å². The average Bonchev–Trinajstić information content (AvgIpc) is 2.31. The van der Waals surface area contributed by atoms with Crippen molar-refractivity contribution < 1.29 is 4.74 Å². The second-order valence-corrected chi connectivity index (χ2v) is 3.60. The van der Waals surface area contributed by atoms with Gasteiger partial charge in [-0.2, -0.15) is 0 Å². The van der Waals surface area contributed by atoms with Gasteiger partial charge in [0.1, 0.15) is 0 Å². The van der Waals surface area contributed by atoms with E-state index in [-0.39, 0.29) is 0 Å². The number of hydrogen-bond donors (Lipinski definition) is 1. The SMILES string of the molecule is CCOCC(NC)c1ccc(CC)cc1. The fourth-order valence-electron chi connectivity index (χ4n) is 1.57. The third-order valence-corrected chi connectivity index (χ3v) is 2.63. The molecule has 1 unspecified atom stereocenters. The summed E-state index contributed by atoms with van der Waals surface area (Å²) in [6, 6.07) is 9.03. The molecule has 0 spiro atoms. The number of aryl methyl sites for hydroxylation is 1. The van der Waals surface area contributed by atoms with Crippen molar-refractivity contribution in [1.29, 1.82) is 0 Å². The van der Waals surface area contributed by atoms with Gasteiger partial charge in [0, 0.05) is 6.61 Å². The van der Waals surface area contributed by atoms with Crippen LogP contribution in [0.2, 0.25) is 0 Å². The van der Waals surface area contributed by atoms with Crippen molar-refractivity contribution in [3.8, 4) is 0 Å². The minimum atomic E-state index is 0.302. The van der Waals surface area contributed by atoms with Gasteiger partial charge in [0.05, 0.1) is 12.6 Å². The summed E-state index contributed by atoms with van der Waals surface area (Å²) in [7, 11) is 1.97. The quantitative estimate of drug-likeness (QED) is 0.774. The molecule has 1 aromatic rings. The first kappa shape index (κ1) is 12.2. The maximum Gasteiger partial charge on any atom is 0.0661 e. The molecule has 0 saturated heterocycles. The molecule has 0 aliphatic rings. The molecule has 84 valence electrons. The Hall–Kier alpha value is -0.860. The Balaban J connectivity index is 2.65. The van der Waals surface area contributed by atoms with Crippen LogP contribution in [0.1, 0.15) is 31.0 Å². The van der Waals surface area contributed by atoms with E-state index in [1.807, 2.05) is 14.0 Å². The first-order chi connectivity index (χ1) is 7.31. The molecule has 0 aromatic heterocycles. The maximum absolute atomic E-state index is 5.44. The maximum atomic E-state index is 5.44. The van der Waals surface area contributed by atoms with Gasteiger partial charge in [0.15, 0.2) is 0 Å². The Bertz CT molecular complexity index is 268. The van der Waals surface area contributed by atoms with Crippen LogP contribution < -0.4 is 5.32 Å². The third kappa shape index (κ3) is 3.65. The van der Waals surface area contributed by atoms with E-state index in [0.29, 0.717) is 6.04 Å². The Morgan fingerprint density at radius 1 is 1.20 bits per heavy atom. The molecule has 2 nitrogen and oxygen atoms in total. The monoisotopic (exact) mass is 207 g/mol. The highest BCUT2D eigenvalue weighted by atomic mass is 16.5. The first-order valence-corrected chi connectivity index (χ1v) is 5.65. The highest BCUT2D eigenvalue weighted by Gasteiger charge is 2.08. The zero-order valence-electron chi connectivity index (χ0n) is 9.92. The summed E-state index contributed by atoms with van der Waals surface area (Å²) in [6.07, 6.45) is 1.09. The minimum absolute atomic E-state index is 0.302. The van der Waals surface area contributed by atoms with E-state index >= 15 is 0 Å². The predicted molar refractivity (Wildman–Crippen MR) is 64.1 cm³/mol. The zero-order chi connectivity index (χ0) is 11.1. The van der Waals surface area contributed by atoms with E-state index in [9.17, 15) is 0 Å². The second kappa shape index (κ2) is 6.59. The van der Waals surface area contributed by atoms with Crippen molar-refractivity contribution in [2.75, 3.05) is 20.3 Å². The highest BCUT2D eigenvalue weighted by molar-refractivity contribution is 5.25. The van der Waals surface area contributed by atoms with Crippen molar-refractivity contribution >= 4 is 0 Å². The van der Waals surface area contributed by atoms with Crippen LogP contribution in [0, 0.1) is 0 Å². The zero-order valence-corrected chi connectivity index (χ0v) is 9.92. The minimum Gasteiger partial charge on any atom is -0.380 e. The Morgan fingerprint density at radius 2 is 1.87 bits per heavy atom. The smallest absolute Gasteiger partial charge is 0.0661 e. The van der Waals surface area contributed by atoms with E-state index in [1.165, 1.54) is 11.1 Å². The molecule has 15 heavy (non-hydrogen) atoms. The summed E-state index contributed by atoms with van der Waals surface area (Å²) >= 11 is 0. The van der Waals surface area contributed by atoms with Crippen LogP contribution in [0.4, 0.5) is 0 Å². The third-order valence-electron chi connectivity index (χ3n) is 2.63. The van der Waals surface area contributed by atoms with Gasteiger partial charge in [0.2, 0.25) is 0 Å². The molecule has 0 bridgehead atoms. The molecule has 1 rings (SSSR count). The fraction of sp³-hybridized carbons (Fsp3) is 0.538. The predicted octanol–water partition coefficient (Wildman–Crippen LogP) is 2.55. The standard InChI is InChI=1S/C13H21NO/c1-4-11-6-8-12(9-7-11)13(14-3)10-15-5-2/h6-9,13-14H,4-5,10H2,1-3H3. The van der Waals surface area contributed by atoms with Crippen molar-refractivity contribution in [3.05, 3.63) is 35.4 Å². The number of nitrogens with one attached hydrogen (secondary N) is 1. The summed E-state index contributed by atoms with van der Waals surface area (Å²) < 4.78 is 5.44. The van der Waals surface area contributed by atoms with Gasteiger partial charge in [-0.15, -0.1) is 0 Å². The highest BCUT2D eigenvalue weighted by Crippen LogP contribution is 2.14. The van der Waals surface area contributed by atoms with Gasteiger partial charge in [-0.1, -0.05) is 31.2 Å². The van der Waals surface area contributed by atoms with E-state index < -0.39 is 0 Å². The average molecular weight is 207 g/mol. The molecule has 0 amide bonds. The summed E-state index contributed by atoms with van der Waals surface area (Å²) in [6.45, 7) is 5.70. The van der Waals surface area contributed by atoms with Crippen LogP contribution in [0.25, 0.3) is 0 Å². The lowest BCUT2D eigenvalue weighted by Gasteiger charge is -2.16. The van der Waals surface area contributed by atoms with Crippen LogP contribution >= 0.6 is 0 Å². The molecule has 0 saturated carbocycles. The lowest BCUT2D eigenvalue weighted by Crippen LogP contribution is -2.21. The van der Waals surface area contributed by atoms with Crippen molar-refractivity contribution in [3.63, 3.8) is 0 Å². The Kier molecular flexibility index (Phi) is 5.37. The molecular weight excluding hydrogens is 186 g/mol. The molecule has 0 fully saturated rings. The number of rotatable bonds is 6. The van der Waals surface area contributed by atoms with Crippen molar-refractivity contribution in [1.82, 2.24) is 5.32 Å². The van der Waals surface area contributed by atoms with Crippen molar-refractivity contribution in [2.24, 2.45) is 0 Å². The number of likely N-dealkylation sites (N-methyl/N-ethyl adjacent to an activating group) is 1. The molecule has 0 aliphatic carbocycles. The van der Waals surface area contributed by atoms with Gasteiger partial charge in [-0.25, -0.2) is 0 Å². The largest absolute Gasteiger partial charge is 0.380 e. The van der Waals surface area contributed by atoms with Gasteiger partial charge in [0.25, 0.3) is 0 Å². The van der Waals surface area contributed by atoms with Crippen LogP contribution in [0.5, 0.6) is 0 Å². The van der Waals surface area contributed by atoms with Crippen LogP contribution in [-0.4, -0.2) is 20.3 Å². The molecule has 0 aliphatic heterocycles. The van der Waals surface area contributed by atoms with E-state index in [1.54, 1.807) is 0 Å². The van der Waals surface area contributed by atoms with E-state index in [4.69, 9.17) is 4.74 Å². The van der Waals surface area contributed by atoms with Gasteiger partial charge < -0.3 is 10.1 Å². The summed E-state index contributed by atoms with van der Waals surface area (Å²) in [5.74, 6) is 0. The molecule has 0 heterocycles. The molecule has 1 N–H and O–H groups in total. The van der Waals surface area contributed by atoms with Gasteiger partial charge >= 0.3 is 0 Å². The lowest BCUT2D eigenvalue weighted by atomic mass is 10.0.